The highest BCUT2D eigenvalue weighted by Gasteiger charge is 2.27. The maximum atomic E-state index is 12.4. The van der Waals surface area contributed by atoms with Crippen LogP contribution in [0.1, 0.15) is 63.8 Å². The molecule has 5 nitrogen and oxygen atoms in total. The van der Waals surface area contributed by atoms with E-state index in [1.807, 2.05) is 6.07 Å². The number of aryl methyl sites for hydroxylation is 1. The number of ether oxygens (including phenoxy) is 1. The number of Topliss-reactive ketones (excluding diaryl/α,β-unsaturated/α-hetero) is 1. The van der Waals surface area contributed by atoms with Crippen molar-refractivity contribution < 1.29 is 19.1 Å². The zero-order valence-electron chi connectivity index (χ0n) is 15.4. The molecule has 0 saturated heterocycles. The third kappa shape index (κ3) is 4.63. The Morgan fingerprint density at radius 2 is 1.81 bits per heavy atom. The van der Waals surface area contributed by atoms with Gasteiger partial charge in [0.15, 0.2) is 5.78 Å². The number of esters is 1. The molecule has 1 aromatic carbocycles. The van der Waals surface area contributed by atoms with Crippen LogP contribution in [0.5, 0.6) is 0 Å². The van der Waals surface area contributed by atoms with Crippen LogP contribution in [0, 0.1) is 0 Å². The van der Waals surface area contributed by atoms with Crippen molar-refractivity contribution in [2.45, 2.75) is 45.4 Å². The molecular weight excluding hydrogens is 362 g/mol. The van der Waals surface area contributed by atoms with Crippen LogP contribution in [0.2, 0.25) is 0 Å². The van der Waals surface area contributed by atoms with Gasteiger partial charge < -0.3 is 10.1 Å². The third-order valence-electron chi connectivity index (χ3n) is 4.58. The SMILES string of the molecule is CCOC(=O)c1c(NC(=O)CCC(=O)c2ccccc2)sc2c1CCCC2. The largest absolute Gasteiger partial charge is 0.462 e. The minimum absolute atomic E-state index is 0.0677. The first-order chi connectivity index (χ1) is 13.1. The van der Waals surface area contributed by atoms with Crippen LogP contribution >= 0.6 is 11.3 Å². The molecule has 1 aromatic heterocycles. The molecule has 1 N–H and O–H groups in total. The molecule has 2 aromatic rings. The second kappa shape index (κ2) is 8.95. The van der Waals surface area contributed by atoms with E-state index in [0.29, 0.717) is 22.7 Å². The second-order valence-corrected chi connectivity index (χ2v) is 7.58. The predicted octanol–water partition coefficient (Wildman–Crippen LogP) is 4.41. The molecule has 0 spiro atoms. The molecule has 0 saturated carbocycles. The van der Waals surface area contributed by atoms with E-state index in [-0.39, 0.29) is 30.5 Å². The van der Waals surface area contributed by atoms with Gasteiger partial charge in [-0.3, -0.25) is 9.59 Å². The Balaban J connectivity index is 1.69. The van der Waals surface area contributed by atoms with Gasteiger partial charge in [-0.15, -0.1) is 11.3 Å². The molecule has 27 heavy (non-hydrogen) atoms. The number of rotatable bonds is 7. The van der Waals surface area contributed by atoms with Crippen molar-refractivity contribution in [3.05, 3.63) is 51.9 Å². The van der Waals surface area contributed by atoms with Crippen LogP contribution < -0.4 is 5.32 Å². The van der Waals surface area contributed by atoms with Gasteiger partial charge >= 0.3 is 5.97 Å². The number of hydrogen-bond donors (Lipinski definition) is 1. The van der Waals surface area contributed by atoms with Crippen molar-refractivity contribution in [3.8, 4) is 0 Å². The van der Waals surface area contributed by atoms with Crippen LogP contribution in [-0.2, 0) is 22.4 Å². The van der Waals surface area contributed by atoms with Gasteiger partial charge in [-0.25, -0.2) is 4.79 Å². The monoisotopic (exact) mass is 385 g/mol. The Labute approximate surface area is 162 Å². The summed E-state index contributed by atoms with van der Waals surface area (Å²) in [6.07, 6.45) is 4.11. The van der Waals surface area contributed by atoms with E-state index in [0.717, 1.165) is 36.1 Å². The van der Waals surface area contributed by atoms with E-state index < -0.39 is 0 Å². The fourth-order valence-corrected chi connectivity index (χ4v) is 4.55. The van der Waals surface area contributed by atoms with Crippen molar-refractivity contribution in [2.24, 2.45) is 0 Å². The fraction of sp³-hybridized carbons (Fsp3) is 0.381. The number of thiophene rings is 1. The number of amides is 1. The third-order valence-corrected chi connectivity index (χ3v) is 5.79. The molecule has 1 heterocycles. The summed E-state index contributed by atoms with van der Waals surface area (Å²) in [4.78, 5) is 38.1. The second-order valence-electron chi connectivity index (χ2n) is 6.47. The first kappa shape index (κ1) is 19.3. The highest BCUT2D eigenvalue weighted by atomic mass is 32.1. The van der Waals surface area contributed by atoms with Gasteiger partial charge in [-0.2, -0.15) is 0 Å². The van der Waals surface area contributed by atoms with Gasteiger partial charge in [0.25, 0.3) is 0 Å². The number of hydrogen-bond acceptors (Lipinski definition) is 5. The Bertz CT molecular complexity index is 841. The van der Waals surface area contributed by atoms with Crippen molar-refractivity contribution in [1.29, 1.82) is 0 Å². The normalized spacial score (nSPS) is 12.9. The van der Waals surface area contributed by atoms with Crippen LogP contribution in [0.4, 0.5) is 5.00 Å². The van der Waals surface area contributed by atoms with E-state index >= 15 is 0 Å². The molecule has 0 atom stereocenters. The summed E-state index contributed by atoms with van der Waals surface area (Å²) in [7, 11) is 0. The zero-order valence-corrected chi connectivity index (χ0v) is 16.2. The lowest BCUT2D eigenvalue weighted by Crippen LogP contribution is -2.16. The Hall–Kier alpha value is -2.47. The molecule has 0 aliphatic heterocycles. The topological polar surface area (TPSA) is 72.5 Å². The van der Waals surface area contributed by atoms with Crippen LogP contribution in [0.25, 0.3) is 0 Å². The molecule has 0 bridgehead atoms. The van der Waals surface area contributed by atoms with E-state index in [2.05, 4.69) is 5.32 Å². The maximum absolute atomic E-state index is 12.4. The minimum Gasteiger partial charge on any atom is -0.462 e. The van der Waals surface area contributed by atoms with E-state index in [9.17, 15) is 14.4 Å². The van der Waals surface area contributed by atoms with Crippen molar-refractivity contribution in [1.82, 2.24) is 0 Å². The molecule has 0 radical (unpaired) electrons. The van der Waals surface area contributed by atoms with Gasteiger partial charge in [0.1, 0.15) is 5.00 Å². The number of ketones is 1. The molecule has 1 aliphatic rings. The average molecular weight is 385 g/mol. The first-order valence-electron chi connectivity index (χ1n) is 9.30. The lowest BCUT2D eigenvalue weighted by Gasteiger charge is -2.12. The lowest BCUT2D eigenvalue weighted by molar-refractivity contribution is -0.116. The van der Waals surface area contributed by atoms with Crippen LogP contribution in [0.15, 0.2) is 30.3 Å². The summed E-state index contributed by atoms with van der Waals surface area (Å²) in [6.45, 7) is 2.06. The summed E-state index contributed by atoms with van der Waals surface area (Å²) in [5.74, 6) is -0.710. The smallest absolute Gasteiger partial charge is 0.341 e. The summed E-state index contributed by atoms with van der Waals surface area (Å²) in [5, 5.41) is 3.39. The number of benzene rings is 1. The quantitative estimate of drug-likeness (QED) is 0.566. The van der Waals surface area contributed by atoms with Gasteiger partial charge in [0.2, 0.25) is 5.91 Å². The molecule has 1 aliphatic carbocycles. The van der Waals surface area contributed by atoms with Gasteiger partial charge in [-0.1, -0.05) is 30.3 Å². The summed E-state index contributed by atoms with van der Waals surface area (Å²) in [6, 6.07) is 8.93. The number of carbonyl (C=O) groups excluding carboxylic acids is 3. The highest BCUT2D eigenvalue weighted by Crippen LogP contribution is 2.38. The van der Waals surface area contributed by atoms with Crippen LogP contribution in [-0.4, -0.2) is 24.3 Å². The molecule has 142 valence electrons. The van der Waals surface area contributed by atoms with Crippen molar-refractivity contribution in [3.63, 3.8) is 0 Å². The number of nitrogens with one attached hydrogen (secondary N) is 1. The minimum atomic E-state index is -0.382. The summed E-state index contributed by atoms with van der Waals surface area (Å²) in [5.41, 5.74) is 2.11. The molecule has 0 unspecified atom stereocenters. The van der Waals surface area contributed by atoms with E-state index in [1.54, 1.807) is 31.2 Å². The maximum Gasteiger partial charge on any atom is 0.341 e. The lowest BCUT2D eigenvalue weighted by atomic mass is 9.95. The predicted molar refractivity (Wildman–Crippen MR) is 106 cm³/mol. The average Bonchev–Trinajstić information content (AvgIpc) is 3.04. The Kier molecular flexibility index (Phi) is 6.40. The van der Waals surface area contributed by atoms with Crippen molar-refractivity contribution >= 4 is 34.0 Å². The first-order valence-corrected chi connectivity index (χ1v) is 10.1. The van der Waals surface area contributed by atoms with Crippen molar-refractivity contribution in [2.75, 3.05) is 11.9 Å². The van der Waals surface area contributed by atoms with E-state index in [4.69, 9.17) is 4.74 Å². The standard InChI is InChI=1S/C21H23NO4S/c1-2-26-21(25)19-15-10-6-7-11-17(15)27-20(19)22-18(24)13-12-16(23)14-8-4-3-5-9-14/h3-5,8-9H,2,6-7,10-13H2,1H3,(H,22,24). The number of carbonyl (C=O) groups is 3. The Morgan fingerprint density at radius 3 is 2.56 bits per heavy atom. The molecular formula is C21H23NO4S. The number of fused-ring (bicyclic) bond motifs is 1. The van der Waals surface area contributed by atoms with Gasteiger partial charge in [0, 0.05) is 23.3 Å². The van der Waals surface area contributed by atoms with E-state index in [1.165, 1.54) is 11.3 Å². The fourth-order valence-electron chi connectivity index (χ4n) is 3.26. The van der Waals surface area contributed by atoms with Crippen LogP contribution in [0.3, 0.4) is 0 Å². The highest BCUT2D eigenvalue weighted by molar-refractivity contribution is 7.17. The van der Waals surface area contributed by atoms with Gasteiger partial charge in [0.05, 0.1) is 12.2 Å². The Morgan fingerprint density at radius 1 is 1.07 bits per heavy atom. The van der Waals surface area contributed by atoms with Gasteiger partial charge in [-0.05, 0) is 38.2 Å². The molecule has 3 rings (SSSR count). The molecule has 1 amide bonds. The molecule has 0 fully saturated rings. The molecule has 6 heteroatoms. The summed E-state index contributed by atoms with van der Waals surface area (Å²) >= 11 is 1.46. The summed E-state index contributed by atoms with van der Waals surface area (Å²) < 4.78 is 5.19. The zero-order chi connectivity index (χ0) is 19.2. The number of anilines is 1.